The van der Waals surface area contributed by atoms with Crippen LogP contribution in [0.2, 0.25) is 0 Å². The fourth-order valence-electron chi connectivity index (χ4n) is 3.20. The van der Waals surface area contributed by atoms with Gasteiger partial charge in [0.1, 0.15) is 0 Å². The number of hydrogen-bond acceptors (Lipinski definition) is 1. The molecule has 66 valence electrons. The molecule has 0 aromatic rings. The first-order chi connectivity index (χ1) is 5.95. The lowest BCUT2D eigenvalue weighted by atomic mass is 9.80. The van der Waals surface area contributed by atoms with Gasteiger partial charge >= 0.3 is 0 Å². The molecule has 0 aromatic heterocycles. The van der Waals surface area contributed by atoms with Gasteiger partial charge in [-0.3, -0.25) is 0 Å². The highest BCUT2D eigenvalue weighted by Crippen LogP contribution is 2.45. The second-order valence-corrected chi connectivity index (χ2v) is 4.43. The summed E-state index contributed by atoms with van der Waals surface area (Å²) in [5.74, 6) is 1.80. The van der Waals surface area contributed by atoms with E-state index in [4.69, 9.17) is 4.74 Å². The zero-order chi connectivity index (χ0) is 7.97. The molecule has 1 heteroatoms. The van der Waals surface area contributed by atoms with Gasteiger partial charge in [0, 0.05) is 5.92 Å². The molecule has 3 rings (SSSR count). The van der Waals surface area contributed by atoms with Crippen molar-refractivity contribution >= 4 is 0 Å². The summed E-state index contributed by atoms with van der Waals surface area (Å²) in [6.07, 6.45) is 7.15. The van der Waals surface area contributed by atoms with Crippen molar-refractivity contribution in [2.75, 3.05) is 13.2 Å². The van der Waals surface area contributed by atoms with Crippen molar-refractivity contribution < 1.29 is 4.74 Å². The predicted octanol–water partition coefficient (Wildman–Crippen LogP) is 2.52. The van der Waals surface area contributed by atoms with Crippen molar-refractivity contribution in [3.05, 3.63) is 11.1 Å². The maximum Gasteiger partial charge on any atom is 0.0683 e. The highest BCUT2D eigenvalue weighted by molar-refractivity contribution is 5.27. The normalized spacial score (nSPS) is 40.0. The molecule has 0 N–H and O–H groups in total. The SMILES string of the molecule is C1CC2=C3COCC3CCC2C1. The molecule has 0 spiro atoms. The van der Waals surface area contributed by atoms with Crippen molar-refractivity contribution in [2.24, 2.45) is 11.8 Å². The first kappa shape index (κ1) is 7.14. The molecule has 1 nitrogen and oxygen atoms in total. The van der Waals surface area contributed by atoms with Gasteiger partial charge in [0.15, 0.2) is 0 Å². The second kappa shape index (κ2) is 2.59. The molecule has 1 aliphatic heterocycles. The van der Waals surface area contributed by atoms with Gasteiger partial charge < -0.3 is 4.74 Å². The molecule has 2 fully saturated rings. The highest BCUT2D eigenvalue weighted by Gasteiger charge is 2.34. The van der Waals surface area contributed by atoms with E-state index in [2.05, 4.69) is 0 Å². The van der Waals surface area contributed by atoms with E-state index in [0.29, 0.717) is 0 Å². The average molecular weight is 164 g/mol. The topological polar surface area (TPSA) is 9.23 Å². The van der Waals surface area contributed by atoms with Gasteiger partial charge in [-0.1, -0.05) is 5.57 Å². The quantitative estimate of drug-likeness (QED) is 0.500. The van der Waals surface area contributed by atoms with Crippen LogP contribution in [0, 0.1) is 11.8 Å². The van der Waals surface area contributed by atoms with Crippen LogP contribution in [-0.2, 0) is 4.74 Å². The lowest BCUT2D eigenvalue weighted by Gasteiger charge is -2.24. The largest absolute Gasteiger partial charge is 0.376 e. The fraction of sp³-hybridized carbons (Fsp3) is 0.818. The van der Waals surface area contributed by atoms with E-state index in [1.54, 1.807) is 5.57 Å². The molecule has 1 heterocycles. The Labute approximate surface area is 73.8 Å². The van der Waals surface area contributed by atoms with E-state index < -0.39 is 0 Å². The van der Waals surface area contributed by atoms with Gasteiger partial charge in [-0.2, -0.15) is 0 Å². The van der Waals surface area contributed by atoms with Gasteiger partial charge in [-0.25, -0.2) is 0 Å². The van der Waals surface area contributed by atoms with Crippen molar-refractivity contribution in [3.8, 4) is 0 Å². The van der Waals surface area contributed by atoms with Crippen molar-refractivity contribution in [1.82, 2.24) is 0 Å². The first-order valence-electron chi connectivity index (χ1n) is 5.24. The third-order valence-electron chi connectivity index (χ3n) is 3.84. The fourth-order valence-corrected chi connectivity index (χ4v) is 3.20. The van der Waals surface area contributed by atoms with Gasteiger partial charge in [0.25, 0.3) is 0 Å². The molecule has 1 saturated carbocycles. The van der Waals surface area contributed by atoms with E-state index >= 15 is 0 Å². The smallest absolute Gasteiger partial charge is 0.0683 e. The summed E-state index contributed by atoms with van der Waals surface area (Å²) >= 11 is 0. The molecular weight excluding hydrogens is 148 g/mol. The minimum Gasteiger partial charge on any atom is -0.376 e. The van der Waals surface area contributed by atoms with Crippen LogP contribution < -0.4 is 0 Å². The van der Waals surface area contributed by atoms with E-state index in [1.807, 2.05) is 5.57 Å². The van der Waals surface area contributed by atoms with Gasteiger partial charge in [-0.15, -0.1) is 0 Å². The number of fused-ring (bicyclic) bond motifs is 2. The monoisotopic (exact) mass is 164 g/mol. The maximum atomic E-state index is 5.54. The molecule has 1 saturated heterocycles. The lowest BCUT2D eigenvalue weighted by Crippen LogP contribution is -2.15. The summed E-state index contributed by atoms with van der Waals surface area (Å²) in [6.45, 7) is 1.99. The van der Waals surface area contributed by atoms with Crippen molar-refractivity contribution in [2.45, 2.75) is 32.1 Å². The standard InChI is InChI=1S/C11H16O/c1-2-8-4-5-9-6-12-7-11(9)10(8)3-1/h8-9H,1-7H2. The van der Waals surface area contributed by atoms with Gasteiger partial charge in [0.2, 0.25) is 0 Å². The van der Waals surface area contributed by atoms with Crippen LogP contribution in [0.1, 0.15) is 32.1 Å². The van der Waals surface area contributed by atoms with Crippen LogP contribution in [0.3, 0.4) is 0 Å². The molecule has 0 bridgehead atoms. The zero-order valence-electron chi connectivity index (χ0n) is 7.51. The summed E-state index contributed by atoms with van der Waals surface area (Å²) in [5.41, 5.74) is 3.52. The molecule has 0 aromatic carbocycles. The summed E-state index contributed by atoms with van der Waals surface area (Å²) in [4.78, 5) is 0. The van der Waals surface area contributed by atoms with E-state index in [0.717, 1.165) is 25.0 Å². The minimum absolute atomic E-state index is 0.828. The maximum absolute atomic E-state index is 5.54. The summed E-state index contributed by atoms with van der Waals surface area (Å²) in [6, 6.07) is 0. The predicted molar refractivity (Wildman–Crippen MR) is 47.9 cm³/mol. The highest BCUT2D eigenvalue weighted by atomic mass is 16.5. The number of ether oxygens (including phenoxy) is 1. The molecule has 0 radical (unpaired) electrons. The number of allylic oxidation sites excluding steroid dienone is 1. The molecule has 2 atom stereocenters. The van der Waals surface area contributed by atoms with Gasteiger partial charge in [0.05, 0.1) is 13.2 Å². The van der Waals surface area contributed by atoms with E-state index in [9.17, 15) is 0 Å². The molecular formula is C11H16O. The van der Waals surface area contributed by atoms with Crippen LogP contribution in [0.5, 0.6) is 0 Å². The van der Waals surface area contributed by atoms with Crippen LogP contribution in [0.15, 0.2) is 11.1 Å². The first-order valence-corrected chi connectivity index (χ1v) is 5.24. The van der Waals surface area contributed by atoms with E-state index in [-0.39, 0.29) is 0 Å². The molecule has 3 aliphatic rings. The summed E-state index contributed by atoms with van der Waals surface area (Å²) < 4.78 is 5.54. The van der Waals surface area contributed by atoms with E-state index in [1.165, 1.54) is 32.1 Å². The minimum atomic E-state index is 0.828. The molecule has 2 unspecified atom stereocenters. The Hall–Kier alpha value is -0.300. The Bertz CT molecular complexity index is 205. The van der Waals surface area contributed by atoms with Crippen LogP contribution in [-0.4, -0.2) is 13.2 Å². The van der Waals surface area contributed by atoms with Crippen LogP contribution in [0.25, 0.3) is 0 Å². The second-order valence-electron chi connectivity index (χ2n) is 4.43. The average Bonchev–Trinajstić information content (AvgIpc) is 2.71. The Kier molecular flexibility index (Phi) is 1.54. The number of rotatable bonds is 0. The van der Waals surface area contributed by atoms with Crippen molar-refractivity contribution in [1.29, 1.82) is 0 Å². The van der Waals surface area contributed by atoms with Crippen LogP contribution >= 0.6 is 0 Å². The Morgan fingerprint density at radius 1 is 1.00 bits per heavy atom. The van der Waals surface area contributed by atoms with Gasteiger partial charge in [-0.05, 0) is 43.6 Å². The van der Waals surface area contributed by atoms with Crippen molar-refractivity contribution in [3.63, 3.8) is 0 Å². The molecule has 12 heavy (non-hydrogen) atoms. The number of hydrogen-bond donors (Lipinski definition) is 0. The summed E-state index contributed by atoms with van der Waals surface area (Å²) in [5, 5.41) is 0. The molecule has 2 aliphatic carbocycles. The third kappa shape index (κ3) is 0.891. The Morgan fingerprint density at radius 3 is 2.92 bits per heavy atom. The zero-order valence-corrected chi connectivity index (χ0v) is 7.51. The molecule has 0 amide bonds. The summed E-state index contributed by atoms with van der Waals surface area (Å²) in [7, 11) is 0. The Balaban J connectivity index is 2.00. The third-order valence-corrected chi connectivity index (χ3v) is 3.84. The lowest BCUT2D eigenvalue weighted by molar-refractivity contribution is 0.185. The Morgan fingerprint density at radius 2 is 1.92 bits per heavy atom. The van der Waals surface area contributed by atoms with Crippen LogP contribution in [0.4, 0.5) is 0 Å².